The van der Waals surface area contributed by atoms with Gasteiger partial charge in [0.05, 0.1) is 12.2 Å². The molecule has 1 aliphatic heterocycles. The molecular formula is C17H33N7. The number of rotatable bonds is 7. The second-order valence-corrected chi connectivity index (χ2v) is 6.73. The van der Waals surface area contributed by atoms with Crippen molar-refractivity contribution in [2.75, 3.05) is 52.9 Å². The van der Waals surface area contributed by atoms with Crippen molar-refractivity contribution in [1.82, 2.24) is 30.2 Å². The van der Waals surface area contributed by atoms with E-state index in [1.807, 2.05) is 24.0 Å². The fourth-order valence-electron chi connectivity index (χ4n) is 2.86. The maximum atomic E-state index is 4.66. The number of likely N-dealkylation sites (N-methyl/N-ethyl adjacent to an activating group) is 1. The Morgan fingerprint density at radius 2 is 2.00 bits per heavy atom. The summed E-state index contributed by atoms with van der Waals surface area (Å²) in [7, 11) is 4.15. The molecule has 0 radical (unpaired) electrons. The Labute approximate surface area is 146 Å². The molecule has 1 aliphatic rings. The Bertz CT molecular complexity index is 503. The predicted octanol–water partition coefficient (Wildman–Crippen LogP) is 0.359. The third-order valence-electron chi connectivity index (χ3n) is 4.45. The highest BCUT2D eigenvalue weighted by Crippen LogP contribution is 2.04. The average Bonchev–Trinajstić information content (AvgIpc) is 2.97. The third-order valence-corrected chi connectivity index (χ3v) is 4.45. The van der Waals surface area contributed by atoms with Gasteiger partial charge in [-0.05, 0) is 26.0 Å². The zero-order chi connectivity index (χ0) is 17.4. The SMILES string of the molecule is CCNC(=NCc1ccnn1C)NCC(C)CN1CCN(C)CC1. The summed E-state index contributed by atoms with van der Waals surface area (Å²) in [4.78, 5) is 9.62. The summed E-state index contributed by atoms with van der Waals surface area (Å²) in [6.07, 6.45) is 1.81. The van der Waals surface area contributed by atoms with Gasteiger partial charge in [0.25, 0.3) is 0 Å². The second-order valence-electron chi connectivity index (χ2n) is 6.73. The van der Waals surface area contributed by atoms with Gasteiger partial charge in [0.2, 0.25) is 0 Å². The molecule has 0 bridgehead atoms. The maximum absolute atomic E-state index is 4.66. The largest absolute Gasteiger partial charge is 0.357 e. The molecule has 7 heteroatoms. The number of aryl methyl sites for hydroxylation is 1. The standard InChI is InChI=1S/C17H33N7/c1-5-18-17(20-13-16-6-7-21-23(16)4)19-12-15(2)14-24-10-8-22(3)9-11-24/h6-7,15H,5,8-14H2,1-4H3,(H2,18,19,20). The van der Waals surface area contributed by atoms with Crippen LogP contribution in [0.15, 0.2) is 17.3 Å². The highest BCUT2D eigenvalue weighted by molar-refractivity contribution is 5.79. The van der Waals surface area contributed by atoms with Crippen molar-refractivity contribution in [3.8, 4) is 0 Å². The zero-order valence-electron chi connectivity index (χ0n) is 15.6. The quantitative estimate of drug-likeness (QED) is 0.556. The van der Waals surface area contributed by atoms with E-state index in [2.05, 4.69) is 51.4 Å². The van der Waals surface area contributed by atoms with Crippen LogP contribution < -0.4 is 10.6 Å². The number of aliphatic imine (C=N–C) groups is 1. The van der Waals surface area contributed by atoms with Gasteiger partial charge in [0.1, 0.15) is 0 Å². The molecule has 0 amide bonds. The third kappa shape index (κ3) is 6.13. The van der Waals surface area contributed by atoms with Crippen LogP contribution in [-0.4, -0.2) is 78.4 Å². The van der Waals surface area contributed by atoms with Crippen molar-refractivity contribution in [2.45, 2.75) is 20.4 Å². The summed E-state index contributed by atoms with van der Waals surface area (Å²) in [6.45, 7) is 12.7. The lowest BCUT2D eigenvalue weighted by molar-refractivity contribution is 0.139. The van der Waals surface area contributed by atoms with E-state index in [1.54, 1.807) is 0 Å². The van der Waals surface area contributed by atoms with E-state index in [0.29, 0.717) is 12.5 Å². The van der Waals surface area contributed by atoms with Crippen LogP contribution in [0.1, 0.15) is 19.5 Å². The average molecular weight is 336 g/mol. The minimum Gasteiger partial charge on any atom is -0.357 e. The summed E-state index contributed by atoms with van der Waals surface area (Å²) in [5.74, 6) is 1.47. The number of hydrogen-bond acceptors (Lipinski definition) is 4. The van der Waals surface area contributed by atoms with Gasteiger partial charge in [0, 0.05) is 59.1 Å². The molecule has 1 aromatic rings. The first-order chi connectivity index (χ1) is 11.6. The minimum atomic E-state index is 0.592. The van der Waals surface area contributed by atoms with E-state index in [4.69, 9.17) is 0 Å². The van der Waals surface area contributed by atoms with E-state index in [1.165, 1.54) is 26.2 Å². The molecule has 2 N–H and O–H groups in total. The molecule has 0 aliphatic carbocycles. The monoisotopic (exact) mass is 335 g/mol. The Morgan fingerprint density at radius 3 is 2.62 bits per heavy atom. The summed E-state index contributed by atoms with van der Waals surface area (Å²) in [6, 6.07) is 2.00. The molecule has 2 heterocycles. The smallest absolute Gasteiger partial charge is 0.191 e. The molecule has 1 aromatic heterocycles. The molecule has 24 heavy (non-hydrogen) atoms. The van der Waals surface area contributed by atoms with Gasteiger partial charge in [-0.3, -0.25) is 4.68 Å². The van der Waals surface area contributed by atoms with Crippen molar-refractivity contribution >= 4 is 5.96 Å². The number of hydrogen-bond donors (Lipinski definition) is 2. The number of piperazine rings is 1. The summed E-state index contributed by atoms with van der Waals surface area (Å²) in [5, 5.41) is 11.0. The van der Waals surface area contributed by atoms with Crippen LogP contribution in [0, 0.1) is 5.92 Å². The second kappa shape index (κ2) is 9.64. The van der Waals surface area contributed by atoms with Crippen LogP contribution in [0.4, 0.5) is 0 Å². The molecular weight excluding hydrogens is 302 g/mol. The van der Waals surface area contributed by atoms with Crippen molar-refractivity contribution in [3.05, 3.63) is 18.0 Å². The lowest BCUT2D eigenvalue weighted by Gasteiger charge is -2.34. The number of nitrogens with one attached hydrogen (secondary N) is 2. The molecule has 1 unspecified atom stereocenters. The Morgan fingerprint density at radius 1 is 1.25 bits per heavy atom. The van der Waals surface area contributed by atoms with Gasteiger partial charge in [-0.15, -0.1) is 0 Å². The lowest BCUT2D eigenvalue weighted by atomic mass is 10.1. The highest BCUT2D eigenvalue weighted by atomic mass is 15.3. The van der Waals surface area contributed by atoms with Crippen molar-refractivity contribution < 1.29 is 0 Å². The van der Waals surface area contributed by atoms with E-state index in [-0.39, 0.29) is 0 Å². The van der Waals surface area contributed by atoms with Crippen LogP contribution in [0.5, 0.6) is 0 Å². The van der Waals surface area contributed by atoms with Crippen LogP contribution in [0.3, 0.4) is 0 Å². The molecule has 1 atom stereocenters. The van der Waals surface area contributed by atoms with Crippen LogP contribution in [0.25, 0.3) is 0 Å². The fourth-order valence-corrected chi connectivity index (χ4v) is 2.86. The van der Waals surface area contributed by atoms with Gasteiger partial charge in [-0.25, -0.2) is 4.99 Å². The summed E-state index contributed by atoms with van der Waals surface area (Å²) in [5.41, 5.74) is 1.11. The van der Waals surface area contributed by atoms with E-state index in [0.717, 1.165) is 31.3 Å². The first-order valence-corrected chi connectivity index (χ1v) is 8.98. The van der Waals surface area contributed by atoms with E-state index >= 15 is 0 Å². The summed E-state index contributed by atoms with van der Waals surface area (Å²) >= 11 is 0. The van der Waals surface area contributed by atoms with Crippen molar-refractivity contribution in [3.63, 3.8) is 0 Å². The Hall–Kier alpha value is -1.60. The van der Waals surface area contributed by atoms with Gasteiger partial charge in [-0.2, -0.15) is 5.10 Å². The van der Waals surface area contributed by atoms with Gasteiger partial charge in [0.15, 0.2) is 5.96 Å². The number of guanidine groups is 1. The summed E-state index contributed by atoms with van der Waals surface area (Å²) < 4.78 is 1.86. The molecule has 7 nitrogen and oxygen atoms in total. The van der Waals surface area contributed by atoms with Crippen LogP contribution in [-0.2, 0) is 13.6 Å². The highest BCUT2D eigenvalue weighted by Gasteiger charge is 2.16. The van der Waals surface area contributed by atoms with Gasteiger partial charge < -0.3 is 20.4 Å². The van der Waals surface area contributed by atoms with Gasteiger partial charge >= 0.3 is 0 Å². The minimum absolute atomic E-state index is 0.592. The van der Waals surface area contributed by atoms with E-state index < -0.39 is 0 Å². The Balaban J connectivity index is 1.76. The zero-order valence-corrected chi connectivity index (χ0v) is 15.6. The van der Waals surface area contributed by atoms with Crippen molar-refractivity contribution in [1.29, 1.82) is 0 Å². The topological polar surface area (TPSA) is 60.7 Å². The molecule has 1 saturated heterocycles. The molecule has 2 rings (SSSR count). The molecule has 0 spiro atoms. The molecule has 0 saturated carbocycles. The van der Waals surface area contributed by atoms with Crippen LogP contribution in [0.2, 0.25) is 0 Å². The Kier molecular flexibility index (Phi) is 7.52. The number of aromatic nitrogens is 2. The van der Waals surface area contributed by atoms with E-state index in [9.17, 15) is 0 Å². The normalized spacial score (nSPS) is 18.6. The van der Waals surface area contributed by atoms with Crippen molar-refractivity contribution in [2.24, 2.45) is 18.0 Å². The first kappa shape index (κ1) is 18.7. The number of nitrogens with zero attached hydrogens (tertiary/aromatic N) is 5. The molecule has 136 valence electrons. The predicted molar refractivity (Wildman–Crippen MR) is 99.1 cm³/mol. The molecule has 1 fully saturated rings. The van der Waals surface area contributed by atoms with Gasteiger partial charge in [-0.1, -0.05) is 6.92 Å². The molecule has 0 aromatic carbocycles. The fraction of sp³-hybridized carbons (Fsp3) is 0.765. The first-order valence-electron chi connectivity index (χ1n) is 8.98. The van der Waals surface area contributed by atoms with Crippen LogP contribution >= 0.6 is 0 Å². The maximum Gasteiger partial charge on any atom is 0.191 e. The lowest BCUT2D eigenvalue weighted by Crippen LogP contribution is -2.47.